The van der Waals surface area contributed by atoms with Gasteiger partial charge in [0, 0.05) is 10.9 Å². The Bertz CT molecular complexity index is 975. The van der Waals surface area contributed by atoms with Crippen molar-refractivity contribution in [3.8, 4) is 5.75 Å². The van der Waals surface area contributed by atoms with E-state index in [1.807, 2.05) is 32.0 Å². The zero-order valence-electron chi connectivity index (χ0n) is 16.9. The van der Waals surface area contributed by atoms with E-state index in [1.54, 1.807) is 24.3 Å². The number of allylic oxidation sites excluding steroid dienone is 1. The Hall–Kier alpha value is -2.60. The molecule has 0 aromatic heterocycles. The predicted molar refractivity (Wildman–Crippen MR) is 115 cm³/mol. The minimum Gasteiger partial charge on any atom is -0.493 e. The van der Waals surface area contributed by atoms with Crippen LogP contribution in [0.25, 0.3) is 0 Å². The van der Waals surface area contributed by atoms with E-state index in [0.29, 0.717) is 30.6 Å². The van der Waals surface area contributed by atoms with Gasteiger partial charge < -0.3 is 14.2 Å². The molecule has 30 heavy (non-hydrogen) atoms. The molecule has 3 atom stereocenters. The highest BCUT2D eigenvalue weighted by Gasteiger charge is 2.42. The number of rotatable bonds is 4. The van der Waals surface area contributed by atoms with Crippen LogP contribution in [0.1, 0.15) is 40.7 Å². The summed E-state index contributed by atoms with van der Waals surface area (Å²) in [6.45, 7) is 3.97. The van der Waals surface area contributed by atoms with Crippen LogP contribution in [0.15, 0.2) is 59.0 Å². The summed E-state index contributed by atoms with van der Waals surface area (Å²) < 4.78 is 18.2. The van der Waals surface area contributed by atoms with Crippen LogP contribution in [0, 0.1) is 19.8 Å². The van der Waals surface area contributed by atoms with Crippen LogP contribution in [0.5, 0.6) is 5.75 Å². The molecule has 0 radical (unpaired) electrons. The molecule has 4 rings (SSSR count). The minimum atomic E-state index is -0.359. The molecule has 2 aliphatic rings. The molecule has 1 saturated carbocycles. The first-order chi connectivity index (χ1) is 14.4. The number of halogens is 1. The Morgan fingerprint density at radius 2 is 1.77 bits per heavy atom. The van der Waals surface area contributed by atoms with Crippen LogP contribution in [0.4, 0.5) is 0 Å². The Morgan fingerprint density at radius 1 is 1.07 bits per heavy atom. The smallest absolute Gasteiger partial charge is 0.338 e. The number of esters is 1. The second-order valence-corrected chi connectivity index (χ2v) is 8.82. The van der Waals surface area contributed by atoms with Crippen LogP contribution in [0.3, 0.4) is 0 Å². The maximum Gasteiger partial charge on any atom is 0.338 e. The molecular formula is C24H23BrO5. The van der Waals surface area contributed by atoms with Crippen LogP contribution < -0.4 is 4.74 Å². The molecule has 0 N–H and O–H groups in total. The quantitative estimate of drug-likeness (QED) is 0.568. The molecule has 0 saturated heterocycles. The van der Waals surface area contributed by atoms with E-state index in [-0.39, 0.29) is 35.6 Å². The third-order valence-corrected chi connectivity index (χ3v) is 5.98. The molecule has 0 spiro atoms. The molecule has 2 aromatic carbocycles. The highest BCUT2D eigenvalue weighted by Crippen LogP contribution is 2.35. The van der Waals surface area contributed by atoms with Gasteiger partial charge in [-0.1, -0.05) is 22.0 Å². The van der Waals surface area contributed by atoms with Gasteiger partial charge in [-0.05, 0) is 74.2 Å². The van der Waals surface area contributed by atoms with Crippen molar-refractivity contribution in [1.82, 2.24) is 0 Å². The van der Waals surface area contributed by atoms with Crippen molar-refractivity contribution in [3.05, 3.63) is 75.6 Å². The first kappa shape index (κ1) is 20.7. The molecule has 1 heterocycles. The number of carbonyl (C=O) groups is 2. The monoisotopic (exact) mass is 470 g/mol. The normalized spacial score (nSPS) is 23.1. The van der Waals surface area contributed by atoms with Crippen molar-refractivity contribution < 1.29 is 23.8 Å². The van der Waals surface area contributed by atoms with Crippen LogP contribution >= 0.6 is 15.9 Å². The Labute approximate surface area is 184 Å². The predicted octanol–water partition coefficient (Wildman–Crippen LogP) is 5.28. The molecule has 1 aliphatic carbocycles. The van der Waals surface area contributed by atoms with Crippen molar-refractivity contribution >= 4 is 27.7 Å². The highest BCUT2D eigenvalue weighted by molar-refractivity contribution is 9.10. The van der Waals surface area contributed by atoms with Crippen LogP contribution in [-0.2, 0) is 14.3 Å². The average Bonchev–Trinajstić information content (AvgIpc) is 2.70. The standard InChI is InChI=1S/C24H23BrO5/c1-14-9-15(2)11-19(10-14)29-22-13-28-21-12-18(7-8-20(21)23(22)26)30-24(27)16-3-5-17(25)6-4-16/h3-6,9-11,13,18,20-21H,7-8,12H2,1-2H3. The number of ether oxygens (including phenoxy) is 3. The molecule has 1 fully saturated rings. The number of benzene rings is 2. The van der Waals surface area contributed by atoms with Gasteiger partial charge in [0.1, 0.15) is 24.2 Å². The number of carbonyl (C=O) groups excluding carboxylic acids is 2. The molecule has 0 bridgehead atoms. The Morgan fingerprint density at radius 3 is 2.47 bits per heavy atom. The summed E-state index contributed by atoms with van der Waals surface area (Å²) in [5.74, 6) is 0.168. The number of hydrogen-bond donors (Lipinski definition) is 0. The van der Waals surface area contributed by atoms with E-state index < -0.39 is 0 Å². The van der Waals surface area contributed by atoms with E-state index in [9.17, 15) is 9.59 Å². The molecule has 1 aliphatic heterocycles. The summed E-state index contributed by atoms with van der Waals surface area (Å²) in [7, 11) is 0. The summed E-state index contributed by atoms with van der Waals surface area (Å²) in [5.41, 5.74) is 2.64. The molecule has 0 amide bonds. The van der Waals surface area contributed by atoms with Gasteiger partial charge in [0.25, 0.3) is 0 Å². The molecule has 5 nitrogen and oxygen atoms in total. The van der Waals surface area contributed by atoms with Gasteiger partial charge in [-0.15, -0.1) is 0 Å². The van der Waals surface area contributed by atoms with Gasteiger partial charge >= 0.3 is 5.97 Å². The van der Waals surface area contributed by atoms with Gasteiger partial charge in [-0.25, -0.2) is 4.79 Å². The van der Waals surface area contributed by atoms with E-state index in [1.165, 1.54) is 6.26 Å². The fourth-order valence-electron chi connectivity index (χ4n) is 4.04. The van der Waals surface area contributed by atoms with E-state index in [0.717, 1.165) is 15.6 Å². The third-order valence-electron chi connectivity index (χ3n) is 5.45. The number of Topliss-reactive ketones (excluding diaryl/α,β-unsaturated/α-hetero) is 1. The van der Waals surface area contributed by atoms with Gasteiger partial charge in [0.05, 0.1) is 11.5 Å². The van der Waals surface area contributed by atoms with Crippen molar-refractivity contribution in [2.24, 2.45) is 5.92 Å². The zero-order chi connectivity index (χ0) is 21.3. The fraction of sp³-hybridized carbons (Fsp3) is 0.333. The Kier molecular flexibility index (Phi) is 5.95. The summed E-state index contributed by atoms with van der Waals surface area (Å²) in [6.07, 6.45) is 2.53. The molecule has 2 aromatic rings. The lowest BCUT2D eigenvalue weighted by Crippen LogP contribution is -2.43. The van der Waals surface area contributed by atoms with E-state index >= 15 is 0 Å². The second kappa shape index (κ2) is 8.64. The highest BCUT2D eigenvalue weighted by atomic mass is 79.9. The number of aryl methyl sites for hydroxylation is 2. The first-order valence-electron chi connectivity index (χ1n) is 10.0. The summed E-state index contributed by atoms with van der Waals surface area (Å²) in [4.78, 5) is 25.3. The van der Waals surface area contributed by atoms with Gasteiger partial charge in [-0.2, -0.15) is 0 Å². The largest absolute Gasteiger partial charge is 0.493 e. The number of ketones is 1. The second-order valence-electron chi connectivity index (χ2n) is 7.90. The first-order valence-corrected chi connectivity index (χ1v) is 10.8. The van der Waals surface area contributed by atoms with Crippen LogP contribution in [0.2, 0.25) is 0 Å². The van der Waals surface area contributed by atoms with Gasteiger partial charge in [0.15, 0.2) is 0 Å². The lowest BCUT2D eigenvalue weighted by atomic mass is 9.80. The third kappa shape index (κ3) is 4.59. The van der Waals surface area contributed by atoms with Gasteiger partial charge in [0.2, 0.25) is 11.5 Å². The number of fused-ring (bicyclic) bond motifs is 1. The zero-order valence-corrected chi connectivity index (χ0v) is 18.5. The van der Waals surface area contributed by atoms with Crippen molar-refractivity contribution in [1.29, 1.82) is 0 Å². The van der Waals surface area contributed by atoms with Gasteiger partial charge in [-0.3, -0.25) is 4.79 Å². The lowest BCUT2D eigenvalue weighted by Gasteiger charge is -2.36. The van der Waals surface area contributed by atoms with Crippen molar-refractivity contribution in [2.45, 2.75) is 45.3 Å². The van der Waals surface area contributed by atoms with E-state index in [4.69, 9.17) is 14.2 Å². The minimum absolute atomic E-state index is 0.0527. The molecule has 6 heteroatoms. The molecule has 156 valence electrons. The summed E-state index contributed by atoms with van der Waals surface area (Å²) >= 11 is 3.35. The maximum absolute atomic E-state index is 12.9. The van der Waals surface area contributed by atoms with Crippen molar-refractivity contribution in [2.75, 3.05) is 0 Å². The fourth-order valence-corrected chi connectivity index (χ4v) is 4.30. The molecular weight excluding hydrogens is 448 g/mol. The summed E-state index contributed by atoms with van der Waals surface area (Å²) in [6, 6.07) is 12.9. The average molecular weight is 471 g/mol. The Balaban J connectivity index is 1.39. The number of hydrogen-bond acceptors (Lipinski definition) is 5. The van der Waals surface area contributed by atoms with E-state index in [2.05, 4.69) is 15.9 Å². The SMILES string of the molecule is Cc1cc(C)cc(OC2=COC3CC(OC(=O)c4ccc(Br)cc4)CCC3C2=O)c1. The molecule has 3 unspecified atom stereocenters. The van der Waals surface area contributed by atoms with Crippen LogP contribution in [-0.4, -0.2) is 24.0 Å². The van der Waals surface area contributed by atoms with Crippen molar-refractivity contribution in [3.63, 3.8) is 0 Å². The topological polar surface area (TPSA) is 61.8 Å². The summed E-state index contributed by atoms with van der Waals surface area (Å²) in [5, 5.41) is 0. The maximum atomic E-state index is 12.9. The lowest BCUT2D eigenvalue weighted by molar-refractivity contribution is -0.132.